The average Bonchev–Trinajstić information content (AvgIpc) is 1.80. The highest BCUT2D eigenvalue weighted by atomic mass is 32.2. The molecule has 0 amide bonds. The highest BCUT2D eigenvalue weighted by Crippen LogP contribution is 1.99. The van der Waals surface area contributed by atoms with Crippen molar-refractivity contribution in [2.45, 2.75) is 12.8 Å². The maximum atomic E-state index is 9.86. The summed E-state index contributed by atoms with van der Waals surface area (Å²) in [4.78, 5) is 19.5. The van der Waals surface area contributed by atoms with Crippen LogP contribution in [0.4, 0.5) is 0 Å². The van der Waals surface area contributed by atoms with Crippen LogP contribution in [0.2, 0.25) is 0 Å². The second kappa shape index (κ2) is 5.62. The summed E-state index contributed by atoms with van der Waals surface area (Å²) >= 11 is 1.11. The first-order valence-electron chi connectivity index (χ1n) is 2.54. The molecular formula is C5H8O3S. The van der Waals surface area contributed by atoms with Gasteiger partial charge in [-0.2, -0.15) is 0 Å². The number of carboxylic acids is 1. The van der Waals surface area contributed by atoms with Gasteiger partial charge < -0.3 is 5.11 Å². The van der Waals surface area contributed by atoms with E-state index in [9.17, 15) is 9.59 Å². The van der Waals surface area contributed by atoms with Gasteiger partial charge in [0.15, 0.2) is 5.62 Å². The van der Waals surface area contributed by atoms with E-state index in [2.05, 4.69) is 0 Å². The number of hydrogen-bond donors (Lipinski definition) is 1. The number of hydrogen-bond acceptors (Lipinski definition) is 3. The second-order valence-corrected chi connectivity index (χ2v) is 2.40. The summed E-state index contributed by atoms with van der Waals surface area (Å²) in [6.07, 6.45) is 0.722. The molecule has 0 aromatic heterocycles. The Morgan fingerprint density at radius 1 is 1.67 bits per heavy atom. The third-order valence-electron chi connectivity index (χ3n) is 0.721. The lowest BCUT2D eigenvalue weighted by molar-refractivity contribution is -0.137. The van der Waals surface area contributed by atoms with Crippen LogP contribution >= 0.6 is 11.8 Å². The van der Waals surface area contributed by atoms with Crippen LogP contribution in [0.1, 0.15) is 12.8 Å². The molecule has 0 atom stereocenters. The van der Waals surface area contributed by atoms with E-state index < -0.39 is 5.97 Å². The molecule has 0 fully saturated rings. The molecule has 9 heavy (non-hydrogen) atoms. The lowest BCUT2D eigenvalue weighted by Gasteiger charge is -1.89. The fraction of sp³-hybridized carbons (Fsp3) is 0.600. The minimum atomic E-state index is -0.804. The summed E-state index contributed by atoms with van der Waals surface area (Å²) in [5, 5.41) is 8.12. The van der Waals surface area contributed by atoms with Crippen molar-refractivity contribution >= 4 is 23.3 Å². The van der Waals surface area contributed by atoms with Crippen LogP contribution in [0.5, 0.6) is 0 Å². The van der Waals surface area contributed by atoms with Crippen molar-refractivity contribution in [3.8, 4) is 0 Å². The van der Waals surface area contributed by atoms with Crippen molar-refractivity contribution < 1.29 is 14.7 Å². The normalized spacial score (nSPS) is 8.89. The third kappa shape index (κ3) is 7.49. The molecular weight excluding hydrogens is 140 g/mol. The van der Waals surface area contributed by atoms with E-state index in [1.165, 1.54) is 0 Å². The predicted octanol–water partition coefficient (Wildman–Crippen LogP) is 0.775. The van der Waals surface area contributed by atoms with E-state index in [0.717, 1.165) is 17.4 Å². The first-order valence-corrected chi connectivity index (χ1v) is 3.59. The van der Waals surface area contributed by atoms with Crippen molar-refractivity contribution in [1.29, 1.82) is 0 Å². The maximum Gasteiger partial charge on any atom is 0.303 e. The molecule has 0 unspecified atom stereocenters. The molecule has 3 nitrogen and oxygen atoms in total. The molecule has 0 aromatic carbocycles. The zero-order valence-corrected chi connectivity index (χ0v) is 5.69. The van der Waals surface area contributed by atoms with E-state index >= 15 is 0 Å². The number of carbonyl (C=O) groups excluding carboxylic acids is 1. The van der Waals surface area contributed by atoms with Crippen LogP contribution in [0, 0.1) is 0 Å². The molecule has 0 aliphatic carbocycles. The molecule has 0 spiro atoms. The number of thioether (sulfide) groups is 1. The van der Waals surface area contributed by atoms with Crippen LogP contribution in [0.15, 0.2) is 0 Å². The zero-order chi connectivity index (χ0) is 7.11. The molecule has 0 aromatic rings. The van der Waals surface area contributed by atoms with Crippen molar-refractivity contribution in [2.75, 3.05) is 5.75 Å². The topological polar surface area (TPSA) is 54.4 Å². The van der Waals surface area contributed by atoms with Gasteiger partial charge in [-0.3, -0.25) is 9.59 Å². The molecule has 0 bridgehead atoms. The van der Waals surface area contributed by atoms with Gasteiger partial charge in [-0.1, -0.05) is 11.8 Å². The van der Waals surface area contributed by atoms with Crippen LogP contribution in [0.3, 0.4) is 0 Å². The Balaban J connectivity index is 2.91. The Labute approximate surface area is 57.4 Å². The first-order chi connectivity index (χ1) is 4.27. The fourth-order valence-corrected chi connectivity index (χ4v) is 0.762. The summed E-state index contributed by atoms with van der Waals surface area (Å²) in [5.74, 6) is -0.197. The monoisotopic (exact) mass is 148 g/mol. The predicted molar refractivity (Wildman–Crippen MR) is 36.1 cm³/mol. The standard InChI is InChI=1S/C5H8O3S/c6-4-9-3-1-2-5(7)8/h4H,1-3H2,(H,7,8). The Kier molecular flexibility index (Phi) is 5.30. The molecule has 0 heterocycles. The van der Waals surface area contributed by atoms with E-state index in [1.54, 1.807) is 0 Å². The molecule has 1 N–H and O–H groups in total. The van der Waals surface area contributed by atoms with Crippen LogP contribution in [0.25, 0.3) is 0 Å². The summed E-state index contributed by atoms with van der Waals surface area (Å²) in [6.45, 7) is 0. The van der Waals surface area contributed by atoms with Gasteiger partial charge in [-0.05, 0) is 6.42 Å². The molecule has 0 radical (unpaired) electrons. The van der Waals surface area contributed by atoms with Gasteiger partial charge >= 0.3 is 5.97 Å². The molecule has 0 rings (SSSR count). The smallest absolute Gasteiger partial charge is 0.303 e. The lowest BCUT2D eigenvalue weighted by atomic mass is 10.3. The van der Waals surface area contributed by atoms with E-state index in [0.29, 0.717) is 12.2 Å². The van der Waals surface area contributed by atoms with Gasteiger partial charge in [0.25, 0.3) is 0 Å². The Bertz CT molecular complexity index is 102. The zero-order valence-electron chi connectivity index (χ0n) is 4.87. The average molecular weight is 148 g/mol. The van der Waals surface area contributed by atoms with Crippen molar-refractivity contribution in [1.82, 2.24) is 0 Å². The minimum absolute atomic E-state index is 0.154. The van der Waals surface area contributed by atoms with Crippen molar-refractivity contribution in [3.63, 3.8) is 0 Å². The van der Waals surface area contributed by atoms with Gasteiger partial charge in [0.1, 0.15) is 0 Å². The number of rotatable bonds is 5. The van der Waals surface area contributed by atoms with E-state index in [1.807, 2.05) is 0 Å². The van der Waals surface area contributed by atoms with Crippen molar-refractivity contribution in [3.05, 3.63) is 0 Å². The summed E-state index contributed by atoms with van der Waals surface area (Å²) < 4.78 is 0. The highest BCUT2D eigenvalue weighted by molar-refractivity contribution is 8.11. The minimum Gasteiger partial charge on any atom is -0.481 e. The molecule has 0 aliphatic rings. The Morgan fingerprint density at radius 2 is 2.33 bits per heavy atom. The van der Waals surface area contributed by atoms with Gasteiger partial charge in [-0.25, -0.2) is 0 Å². The van der Waals surface area contributed by atoms with Gasteiger partial charge in [0.05, 0.1) is 0 Å². The molecule has 0 saturated heterocycles. The van der Waals surface area contributed by atoms with Gasteiger partial charge in [0, 0.05) is 12.2 Å². The Hall–Kier alpha value is -0.510. The highest BCUT2D eigenvalue weighted by Gasteiger charge is 1.94. The summed E-state index contributed by atoms with van der Waals surface area (Å²) in [7, 11) is 0. The third-order valence-corrected chi connectivity index (χ3v) is 1.38. The molecule has 0 saturated carbocycles. The number of carboxylic acid groups (broad SMARTS) is 1. The number of carbonyl (C=O) groups is 2. The molecule has 4 heteroatoms. The van der Waals surface area contributed by atoms with Crippen molar-refractivity contribution in [2.24, 2.45) is 0 Å². The van der Waals surface area contributed by atoms with Gasteiger partial charge in [0.2, 0.25) is 0 Å². The molecule has 0 aliphatic heterocycles. The quantitative estimate of drug-likeness (QED) is 0.462. The maximum absolute atomic E-state index is 9.86. The lowest BCUT2D eigenvalue weighted by Crippen LogP contribution is -1.94. The van der Waals surface area contributed by atoms with Crippen LogP contribution < -0.4 is 0 Å². The summed E-state index contributed by atoms with van der Waals surface area (Å²) in [6, 6.07) is 0. The van der Waals surface area contributed by atoms with Crippen LogP contribution in [-0.4, -0.2) is 22.4 Å². The SMILES string of the molecule is O=CSCCCC(=O)O. The van der Waals surface area contributed by atoms with E-state index in [-0.39, 0.29) is 6.42 Å². The summed E-state index contributed by atoms with van der Waals surface area (Å²) in [5.41, 5.74) is 0.724. The molecule has 52 valence electrons. The van der Waals surface area contributed by atoms with E-state index in [4.69, 9.17) is 5.11 Å². The largest absolute Gasteiger partial charge is 0.481 e. The van der Waals surface area contributed by atoms with Gasteiger partial charge in [-0.15, -0.1) is 0 Å². The first kappa shape index (κ1) is 8.49. The van der Waals surface area contributed by atoms with Crippen LogP contribution in [-0.2, 0) is 9.59 Å². The number of aliphatic carboxylic acids is 1. The second-order valence-electron chi connectivity index (χ2n) is 1.46. The fourth-order valence-electron chi connectivity index (χ4n) is 0.355. The Morgan fingerprint density at radius 3 is 2.78 bits per heavy atom.